The van der Waals surface area contributed by atoms with Crippen molar-refractivity contribution in [2.75, 3.05) is 7.11 Å². The molecule has 1 aromatic heterocycles. The van der Waals surface area contributed by atoms with E-state index in [-0.39, 0.29) is 11.3 Å². The second-order valence-electron chi connectivity index (χ2n) is 5.74. The predicted molar refractivity (Wildman–Crippen MR) is 107 cm³/mol. The molecule has 0 radical (unpaired) electrons. The minimum absolute atomic E-state index is 0.000644. The summed E-state index contributed by atoms with van der Waals surface area (Å²) in [6, 6.07) is 18.5. The third-order valence-electron chi connectivity index (χ3n) is 3.95. The second kappa shape index (κ2) is 8.29. The summed E-state index contributed by atoms with van der Waals surface area (Å²) in [5.41, 5.74) is 1.08. The molecule has 0 atom stereocenters. The number of benzene rings is 2. The molecule has 0 spiro atoms. The van der Waals surface area contributed by atoms with Gasteiger partial charge in [0.25, 0.3) is 5.69 Å². The predicted octanol–water partition coefficient (Wildman–Crippen LogP) is 5.12. The van der Waals surface area contributed by atoms with Crippen molar-refractivity contribution in [1.29, 1.82) is 5.26 Å². The second-order valence-corrected chi connectivity index (χ2v) is 6.86. The number of hydrogen-bond acceptors (Lipinski definition) is 6. The van der Waals surface area contributed by atoms with Crippen LogP contribution in [0, 0.1) is 21.4 Å². The number of carbonyl (C=O) groups excluding carboxylic acids is 1. The molecule has 0 unspecified atom stereocenters. The Morgan fingerprint density at radius 2 is 1.96 bits per heavy atom. The molecule has 28 heavy (non-hydrogen) atoms. The summed E-state index contributed by atoms with van der Waals surface area (Å²) < 4.78 is 5.11. The Balaban J connectivity index is 1.90. The smallest absolute Gasteiger partial charge is 0.270 e. The molecule has 0 aliphatic carbocycles. The van der Waals surface area contributed by atoms with Gasteiger partial charge in [-0.15, -0.1) is 11.3 Å². The number of nitrogens with zero attached hydrogens (tertiary/aromatic N) is 2. The maximum absolute atomic E-state index is 12.6. The van der Waals surface area contributed by atoms with Crippen LogP contribution in [-0.4, -0.2) is 17.8 Å². The summed E-state index contributed by atoms with van der Waals surface area (Å²) in [5.74, 6) is 0.138. The quantitative estimate of drug-likeness (QED) is 0.191. The van der Waals surface area contributed by atoms with Gasteiger partial charge in [-0.1, -0.05) is 24.3 Å². The van der Waals surface area contributed by atoms with Gasteiger partial charge >= 0.3 is 0 Å². The van der Waals surface area contributed by atoms with Crippen LogP contribution in [-0.2, 0) is 0 Å². The van der Waals surface area contributed by atoms with Crippen molar-refractivity contribution in [3.63, 3.8) is 0 Å². The van der Waals surface area contributed by atoms with Crippen LogP contribution in [0.25, 0.3) is 16.5 Å². The van der Waals surface area contributed by atoms with Gasteiger partial charge in [-0.25, -0.2) is 0 Å². The van der Waals surface area contributed by atoms with Gasteiger partial charge in [0.1, 0.15) is 17.4 Å². The number of non-ortho nitro benzene ring substituents is 1. The maximum atomic E-state index is 12.6. The minimum Gasteiger partial charge on any atom is -0.497 e. The van der Waals surface area contributed by atoms with E-state index in [9.17, 15) is 20.2 Å². The zero-order valence-corrected chi connectivity index (χ0v) is 15.6. The number of Topliss-reactive ketones (excluding diaryl/α,β-unsaturated/α-hetero) is 1. The lowest BCUT2D eigenvalue weighted by molar-refractivity contribution is -0.384. The molecule has 3 aromatic rings. The van der Waals surface area contributed by atoms with Gasteiger partial charge in [0, 0.05) is 27.5 Å². The van der Waals surface area contributed by atoms with E-state index in [0.717, 1.165) is 4.88 Å². The summed E-state index contributed by atoms with van der Waals surface area (Å²) >= 11 is 1.34. The number of ether oxygens (including phenoxy) is 1. The fourth-order valence-electron chi connectivity index (χ4n) is 2.57. The first kappa shape index (κ1) is 19.0. The first-order chi connectivity index (χ1) is 13.5. The Hall–Kier alpha value is -3.76. The van der Waals surface area contributed by atoms with Gasteiger partial charge in [-0.3, -0.25) is 14.9 Å². The van der Waals surface area contributed by atoms with E-state index in [4.69, 9.17) is 4.74 Å². The summed E-state index contributed by atoms with van der Waals surface area (Å²) in [6.45, 7) is 0. The van der Waals surface area contributed by atoms with Crippen LogP contribution >= 0.6 is 11.3 Å². The lowest BCUT2D eigenvalue weighted by atomic mass is 10.0. The van der Waals surface area contributed by atoms with Crippen molar-refractivity contribution >= 4 is 28.9 Å². The number of nitro groups is 1. The number of hydrogen-bond donors (Lipinski definition) is 0. The molecule has 0 saturated carbocycles. The number of thiophene rings is 1. The number of methoxy groups -OCH3 is 1. The Morgan fingerprint density at radius 3 is 2.68 bits per heavy atom. The number of carbonyl (C=O) groups is 1. The number of rotatable bonds is 6. The molecule has 0 fully saturated rings. The molecule has 0 aliphatic rings. The topological polar surface area (TPSA) is 93.2 Å². The summed E-state index contributed by atoms with van der Waals surface area (Å²) in [7, 11) is 1.51. The van der Waals surface area contributed by atoms with Crippen molar-refractivity contribution in [1.82, 2.24) is 0 Å². The molecule has 3 rings (SSSR count). The van der Waals surface area contributed by atoms with E-state index in [1.165, 1.54) is 36.7 Å². The van der Waals surface area contributed by atoms with Gasteiger partial charge in [-0.2, -0.15) is 5.26 Å². The lowest BCUT2D eigenvalue weighted by Gasteiger charge is -2.02. The van der Waals surface area contributed by atoms with Gasteiger partial charge in [0.2, 0.25) is 5.78 Å². The maximum Gasteiger partial charge on any atom is 0.270 e. The molecule has 0 aliphatic heterocycles. The number of nitro benzene ring substituents is 1. The standard InChI is InChI=1S/C21H14N2O4S/c1-27-18-7-3-5-15(11-18)21(24)16(13-22)12-19-8-9-20(28-19)14-4-2-6-17(10-14)23(25)26/h2-12H,1H3. The van der Waals surface area contributed by atoms with Crippen LogP contribution in [0.3, 0.4) is 0 Å². The first-order valence-corrected chi connectivity index (χ1v) is 8.98. The van der Waals surface area contributed by atoms with Crippen molar-refractivity contribution in [3.8, 4) is 22.3 Å². The van der Waals surface area contributed by atoms with Crippen molar-refractivity contribution < 1.29 is 14.5 Å². The molecular formula is C21H14N2O4S. The molecule has 7 heteroatoms. The van der Waals surface area contributed by atoms with Crippen LogP contribution in [0.5, 0.6) is 5.75 Å². The molecule has 2 aromatic carbocycles. The van der Waals surface area contributed by atoms with E-state index in [0.29, 0.717) is 21.8 Å². The highest BCUT2D eigenvalue weighted by Crippen LogP contribution is 2.31. The molecule has 6 nitrogen and oxygen atoms in total. The average Bonchev–Trinajstić information content (AvgIpc) is 3.20. The third kappa shape index (κ3) is 4.14. The summed E-state index contributed by atoms with van der Waals surface area (Å²) in [4.78, 5) is 24.6. The van der Waals surface area contributed by atoms with Gasteiger partial charge in [-0.05, 0) is 35.9 Å². The SMILES string of the molecule is COc1cccc(C(=O)C(C#N)=Cc2ccc(-c3cccc([N+](=O)[O-])c3)s2)c1. The molecule has 0 amide bonds. The van der Waals surface area contributed by atoms with Crippen molar-refractivity contribution in [3.05, 3.63) is 86.8 Å². The van der Waals surface area contributed by atoms with E-state index in [1.807, 2.05) is 6.07 Å². The Labute approximate surface area is 165 Å². The highest BCUT2D eigenvalue weighted by atomic mass is 32.1. The largest absolute Gasteiger partial charge is 0.497 e. The van der Waals surface area contributed by atoms with Gasteiger partial charge in [0.15, 0.2) is 0 Å². The van der Waals surface area contributed by atoms with Crippen LogP contribution in [0.4, 0.5) is 5.69 Å². The normalized spacial score (nSPS) is 10.9. The molecule has 0 bridgehead atoms. The summed E-state index contributed by atoms with van der Waals surface area (Å²) in [5, 5.41) is 20.4. The molecular weight excluding hydrogens is 376 g/mol. The van der Waals surface area contributed by atoms with E-state index in [1.54, 1.807) is 48.5 Å². The average molecular weight is 390 g/mol. The zero-order valence-electron chi connectivity index (χ0n) is 14.8. The zero-order chi connectivity index (χ0) is 20.1. The van der Waals surface area contributed by atoms with Gasteiger partial charge in [0.05, 0.1) is 12.0 Å². The fraction of sp³-hybridized carbons (Fsp3) is 0.0476. The van der Waals surface area contributed by atoms with Crippen LogP contribution in [0.2, 0.25) is 0 Å². The Bertz CT molecular complexity index is 1130. The molecule has 0 N–H and O–H groups in total. The molecule has 0 saturated heterocycles. The monoisotopic (exact) mass is 390 g/mol. The van der Waals surface area contributed by atoms with E-state index >= 15 is 0 Å². The van der Waals surface area contributed by atoms with Crippen LogP contribution in [0.15, 0.2) is 66.2 Å². The van der Waals surface area contributed by atoms with Crippen molar-refractivity contribution in [2.24, 2.45) is 0 Å². The minimum atomic E-state index is -0.446. The highest BCUT2D eigenvalue weighted by molar-refractivity contribution is 7.16. The number of ketones is 1. The number of allylic oxidation sites excluding steroid dienone is 1. The van der Waals surface area contributed by atoms with Gasteiger partial charge < -0.3 is 4.74 Å². The van der Waals surface area contributed by atoms with Crippen LogP contribution < -0.4 is 4.74 Å². The molecule has 138 valence electrons. The third-order valence-corrected chi connectivity index (χ3v) is 5.03. The number of nitriles is 1. The van der Waals surface area contributed by atoms with E-state index in [2.05, 4.69) is 0 Å². The van der Waals surface area contributed by atoms with Crippen molar-refractivity contribution in [2.45, 2.75) is 0 Å². The Morgan fingerprint density at radius 1 is 1.18 bits per heavy atom. The first-order valence-electron chi connectivity index (χ1n) is 8.17. The molecule has 1 heterocycles. The fourth-order valence-corrected chi connectivity index (χ4v) is 3.52. The lowest BCUT2D eigenvalue weighted by Crippen LogP contribution is -2.02. The summed E-state index contributed by atoms with van der Waals surface area (Å²) in [6.07, 6.45) is 1.52. The Kier molecular flexibility index (Phi) is 5.63. The highest BCUT2D eigenvalue weighted by Gasteiger charge is 2.14. The van der Waals surface area contributed by atoms with E-state index < -0.39 is 10.7 Å². The van der Waals surface area contributed by atoms with Crippen LogP contribution in [0.1, 0.15) is 15.2 Å².